The number of aliphatic hydroxyl groups excluding tert-OH is 1. The molecule has 0 unspecified atom stereocenters. The Hall–Kier alpha value is -2.18. The number of anilines is 1. The number of pyridine rings is 1. The molecule has 2 fully saturated rings. The van der Waals surface area contributed by atoms with Crippen LogP contribution in [-0.2, 0) is 16.0 Å². The fourth-order valence-corrected chi connectivity index (χ4v) is 4.41. The lowest BCUT2D eigenvalue weighted by molar-refractivity contribution is -0.150. The molecule has 6 nitrogen and oxygen atoms in total. The number of benzene rings is 1. The first-order valence-corrected chi connectivity index (χ1v) is 9.75. The number of nitrogens with two attached hydrogens (primary N) is 1. The molecule has 2 atom stereocenters. The first kappa shape index (κ1) is 18.2. The molecule has 0 bridgehead atoms. The monoisotopic (exact) mass is 369 g/mol. The van der Waals surface area contributed by atoms with Crippen LogP contribution < -0.4 is 5.73 Å². The fourth-order valence-electron chi connectivity index (χ4n) is 4.41. The Morgan fingerprint density at radius 2 is 2.26 bits per heavy atom. The van der Waals surface area contributed by atoms with Gasteiger partial charge in [0.05, 0.1) is 18.2 Å². The van der Waals surface area contributed by atoms with Crippen molar-refractivity contribution in [2.24, 2.45) is 5.41 Å². The summed E-state index contributed by atoms with van der Waals surface area (Å²) in [5.41, 5.74) is 7.58. The third-order valence-corrected chi connectivity index (χ3v) is 6.04. The summed E-state index contributed by atoms with van der Waals surface area (Å²) in [5, 5.41) is 11.5. The predicted molar refractivity (Wildman–Crippen MR) is 104 cm³/mol. The molecule has 2 aliphatic heterocycles. The van der Waals surface area contributed by atoms with Gasteiger partial charge in [-0.3, -0.25) is 4.79 Å². The van der Waals surface area contributed by atoms with E-state index in [0.717, 1.165) is 35.9 Å². The number of fused-ring (bicyclic) bond motifs is 1. The molecule has 3 N–H and O–H groups in total. The highest BCUT2D eigenvalue weighted by molar-refractivity contribution is 5.82. The molecular weight excluding hydrogens is 342 g/mol. The number of ether oxygens (including phenoxy) is 1. The SMILES string of the molecule is Nc1nc2ccccc2cc1CCC(=O)N1CCC[C@]2(COCC[C@H]2O)C1. The lowest BCUT2D eigenvalue weighted by atomic mass is 9.73. The van der Waals surface area contributed by atoms with Gasteiger partial charge in [0.1, 0.15) is 5.82 Å². The van der Waals surface area contributed by atoms with Gasteiger partial charge in [0.15, 0.2) is 0 Å². The molecule has 0 aliphatic carbocycles. The number of carbonyl (C=O) groups is 1. The van der Waals surface area contributed by atoms with Crippen molar-refractivity contribution in [3.8, 4) is 0 Å². The Morgan fingerprint density at radius 3 is 3.11 bits per heavy atom. The number of para-hydroxylation sites is 1. The van der Waals surface area contributed by atoms with Crippen LogP contribution in [0.3, 0.4) is 0 Å². The number of aliphatic hydroxyl groups is 1. The summed E-state index contributed by atoms with van der Waals surface area (Å²) in [5.74, 6) is 0.604. The second kappa shape index (κ2) is 7.44. The van der Waals surface area contributed by atoms with Crippen molar-refractivity contribution < 1.29 is 14.6 Å². The third kappa shape index (κ3) is 3.64. The smallest absolute Gasteiger partial charge is 0.222 e. The number of likely N-dealkylation sites (tertiary alicyclic amines) is 1. The van der Waals surface area contributed by atoms with E-state index in [1.165, 1.54) is 0 Å². The lowest BCUT2D eigenvalue weighted by Crippen LogP contribution is -2.55. The molecule has 1 amide bonds. The van der Waals surface area contributed by atoms with Gasteiger partial charge in [-0.05, 0) is 43.4 Å². The van der Waals surface area contributed by atoms with E-state index < -0.39 is 0 Å². The van der Waals surface area contributed by atoms with Crippen LogP contribution in [0.25, 0.3) is 10.9 Å². The Balaban J connectivity index is 1.43. The van der Waals surface area contributed by atoms with Crippen LogP contribution >= 0.6 is 0 Å². The van der Waals surface area contributed by atoms with E-state index in [4.69, 9.17) is 10.5 Å². The summed E-state index contributed by atoms with van der Waals surface area (Å²) in [6.07, 6.45) is 3.07. The van der Waals surface area contributed by atoms with Gasteiger partial charge < -0.3 is 20.5 Å². The van der Waals surface area contributed by atoms with Gasteiger partial charge in [0, 0.05) is 36.9 Å². The molecule has 1 spiro atoms. The first-order valence-electron chi connectivity index (χ1n) is 9.75. The number of carbonyl (C=O) groups excluding carboxylic acids is 1. The zero-order chi connectivity index (χ0) is 18.9. The Labute approximate surface area is 159 Å². The molecule has 0 radical (unpaired) electrons. The Bertz CT molecular complexity index is 837. The summed E-state index contributed by atoms with van der Waals surface area (Å²) < 4.78 is 5.62. The second-order valence-electron chi connectivity index (χ2n) is 7.86. The van der Waals surface area contributed by atoms with E-state index in [0.29, 0.717) is 44.8 Å². The first-order chi connectivity index (χ1) is 13.1. The summed E-state index contributed by atoms with van der Waals surface area (Å²) in [6.45, 7) is 2.47. The molecule has 1 aromatic carbocycles. The number of rotatable bonds is 3. The minimum Gasteiger partial charge on any atom is -0.392 e. The Kier molecular flexibility index (Phi) is 5.02. The van der Waals surface area contributed by atoms with Crippen LogP contribution in [0.4, 0.5) is 5.82 Å². The second-order valence-corrected chi connectivity index (χ2v) is 7.86. The molecule has 27 heavy (non-hydrogen) atoms. The van der Waals surface area contributed by atoms with Gasteiger partial charge >= 0.3 is 0 Å². The highest BCUT2D eigenvalue weighted by atomic mass is 16.5. The minimum atomic E-state index is -0.387. The topological polar surface area (TPSA) is 88.7 Å². The van der Waals surface area contributed by atoms with Crippen LogP contribution in [-0.4, -0.2) is 53.3 Å². The standard InChI is InChI=1S/C21H27N3O3/c22-20-16(12-15-4-1-2-5-17(15)23-20)6-7-19(26)24-10-3-9-21(13-24)14-27-11-8-18(21)25/h1-2,4-5,12,18,25H,3,6-11,13-14H2,(H2,22,23)/t18-,21-/m1/s1. The molecule has 144 valence electrons. The van der Waals surface area contributed by atoms with Crippen molar-refractivity contribution in [1.29, 1.82) is 0 Å². The van der Waals surface area contributed by atoms with E-state index in [1.54, 1.807) is 0 Å². The molecule has 2 saturated heterocycles. The van der Waals surface area contributed by atoms with E-state index >= 15 is 0 Å². The number of piperidine rings is 1. The summed E-state index contributed by atoms with van der Waals surface area (Å²) in [6, 6.07) is 9.88. The number of nitrogens with zero attached hydrogens (tertiary/aromatic N) is 2. The minimum absolute atomic E-state index is 0.111. The van der Waals surface area contributed by atoms with Gasteiger partial charge in [-0.2, -0.15) is 0 Å². The Morgan fingerprint density at radius 1 is 1.41 bits per heavy atom. The molecule has 4 rings (SSSR count). The largest absolute Gasteiger partial charge is 0.392 e. The van der Waals surface area contributed by atoms with Gasteiger partial charge in [0.25, 0.3) is 0 Å². The average molecular weight is 369 g/mol. The van der Waals surface area contributed by atoms with Crippen LogP contribution in [0.15, 0.2) is 30.3 Å². The predicted octanol–water partition coefficient (Wildman–Crippen LogP) is 2.14. The van der Waals surface area contributed by atoms with Crippen molar-refractivity contribution in [3.05, 3.63) is 35.9 Å². The van der Waals surface area contributed by atoms with Crippen LogP contribution in [0, 0.1) is 5.41 Å². The summed E-state index contributed by atoms with van der Waals surface area (Å²) in [7, 11) is 0. The van der Waals surface area contributed by atoms with Crippen molar-refractivity contribution in [2.75, 3.05) is 32.0 Å². The highest BCUT2D eigenvalue weighted by Crippen LogP contribution is 2.38. The number of hydrogen-bond donors (Lipinski definition) is 2. The molecular formula is C21H27N3O3. The van der Waals surface area contributed by atoms with Gasteiger partial charge in [-0.15, -0.1) is 0 Å². The number of amides is 1. The average Bonchev–Trinajstić information content (AvgIpc) is 2.68. The highest BCUT2D eigenvalue weighted by Gasteiger charge is 2.44. The number of hydrogen-bond acceptors (Lipinski definition) is 5. The quantitative estimate of drug-likeness (QED) is 0.865. The number of nitrogen functional groups attached to an aromatic ring is 1. The summed E-state index contributed by atoms with van der Waals surface area (Å²) >= 11 is 0. The van der Waals surface area contributed by atoms with E-state index in [-0.39, 0.29) is 17.4 Å². The fraction of sp³-hybridized carbons (Fsp3) is 0.524. The van der Waals surface area contributed by atoms with E-state index in [1.807, 2.05) is 35.2 Å². The molecule has 2 aliphatic rings. The van der Waals surface area contributed by atoms with Crippen LogP contribution in [0.5, 0.6) is 0 Å². The maximum atomic E-state index is 12.8. The molecule has 2 aromatic rings. The van der Waals surface area contributed by atoms with Crippen LogP contribution in [0.1, 0.15) is 31.2 Å². The van der Waals surface area contributed by atoms with Gasteiger partial charge in [0.2, 0.25) is 5.91 Å². The van der Waals surface area contributed by atoms with Crippen molar-refractivity contribution >= 4 is 22.6 Å². The zero-order valence-corrected chi connectivity index (χ0v) is 15.6. The molecule has 3 heterocycles. The molecule has 1 aromatic heterocycles. The zero-order valence-electron chi connectivity index (χ0n) is 15.6. The van der Waals surface area contributed by atoms with Gasteiger partial charge in [-0.1, -0.05) is 18.2 Å². The third-order valence-electron chi connectivity index (χ3n) is 6.04. The normalized spacial score (nSPS) is 25.8. The van der Waals surface area contributed by atoms with E-state index in [9.17, 15) is 9.90 Å². The van der Waals surface area contributed by atoms with Gasteiger partial charge in [-0.25, -0.2) is 4.98 Å². The molecule has 6 heteroatoms. The number of aryl methyl sites for hydroxylation is 1. The summed E-state index contributed by atoms with van der Waals surface area (Å²) in [4.78, 5) is 19.2. The number of aromatic nitrogens is 1. The van der Waals surface area contributed by atoms with Crippen LogP contribution in [0.2, 0.25) is 0 Å². The maximum absolute atomic E-state index is 12.8. The van der Waals surface area contributed by atoms with Crippen molar-refractivity contribution in [3.63, 3.8) is 0 Å². The lowest BCUT2D eigenvalue weighted by Gasteiger charge is -2.47. The maximum Gasteiger partial charge on any atom is 0.222 e. The molecule has 0 saturated carbocycles. The van der Waals surface area contributed by atoms with E-state index in [2.05, 4.69) is 4.98 Å². The van der Waals surface area contributed by atoms with Crippen molar-refractivity contribution in [2.45, 2.75) is 38.2 Å². The van der Waals surface area contributed by atoms with Crippen molar-refractivity contribution in [1.82, 2.24) is 9.88 Å².